The largest absolute Gasteiger partial charge is 0.378 e. The first-order valence-corrected chi connectivity index (χ1v) is 9.32. The van der Waals surface area contributed by atoms with Gasteiger partial charge in [0.05, 0.1) is 23.8 Å². The summed E-state index contributed by atoms with van der Waals surface area (Å²) in [4.78, 5) is 33.8. The highest BCUT2D eigenvalue weighted by atomic mass is 35.5. The van der Waals surface area contributed by atoms with Crippen LogP contribution in [0.15, 0.2) is 41.3 Å². The van der Waals surface area contributed by atoms with Crippen LogP contribution in [0.5, 0.6) is 0 Å². The maximum absolute atomic E-state index is 13.0. The maximum atomic E-state index is 13.0. The van der Waals surface area contributed by atoms with E-state index in [1.54, 1.807) is 24.4 Å². The normalized spacial score (nSPS) is 14.3. The molecule has 0 radical (unpaired) electrons. The number of aryl methyl sites for hydroxylation is 1. The van der Waals surface area contributed by atoms with Crippen LogP contribution in [-0.4, -0.2) is 42.2 Å². The molecule has 3 aromatic rings. The second-order valence-electron chi connectivity index (χ2n) is 6.66. The first-order valence-electron chi connectivity index (χ1n) is 8.94. The van der Waals surface area contributed by atoms with Crippen LogP contribution in [0.3, 0.4) is 0 Å². The second-order valence-corrected chi connectivity index (χ2v) is 7.09. The summed E-state index contributed by atoms with van der Waals surface area (Å²) < 4.78 is 5.38. The SMILES string of the molecule is Cc1cc(=O)[nH]c2ccc(NC(=O)c3cc(Cl)cnc3N3CCOCC3)cc12. The van der Waals surface area contributed by atoms with Gasteiger partial charge in [0.2, 0.25) is 5.56 Å². The van der Waals surface area contributed by atoms with Crippen LogP contribution in [0.4, 0.5) is 11.5 Å². The van der Waals surface area contributed by atoms with E-state index in [-0.39, 0.29) is 11.5 Å². The third kappa shape index (κ3) is 3.72. The number of halogens is 1. The van der Waals surface area contributed by atoms with Crippen molar-refractivity contribution in [1.82, 2.24) is 9.97 Å². The number of carbonyl (C=O) groups excluding carboxylic acids is 1. The Hall–Kier alpha value is -2.90. The van der Waals surface area contributed by atoms with Crippen molar-refractivity contribution in [3.63, 3.8) is 0 Å². The van der Waals surface area contributed by atoms with Crippen molar-refractivity contribution in [2.75, 3.05) is 36.5 Å². The Morgan fingerprint density at radius 2 is 2.04 bits per heavy atom. The van der Waals surface area contributed by atoms with Gasteiger partial charge in [-0.1, -0.05) is 11.6 Å². The van der Waals surface area contributed by atoms with Crippen LogP contribution >= 0.6 is 11.6 Å². The van der Waals surface area contributed by atoms with E-state index in [4.69, 9.17) is 16.3 Å². The van der Waals surface area contributed by atoms with Crippen molar-refractivity contribution < 1.29 is 9.53 Å². The lowest BCUT2D eigenvalue weighted by Gasteiger charge is -2.29. The van der Waals surface area contributed by atoms with Gasteiger partial charge < -0.3 is 19.9 Å². The number of aromatic amines is 1. The molecule has 0 aliphatic carbocycles. The Morgan fingerprint density at radius 1 is 1.25 bits per heavy atom. The Balaban J connectivity index is 1.66. The van der Waals surface area contributed by atoms with Crippen molar-refractivity contribution in [3.05, 3.63) is 63.0 Å². The topological polar surface area (TPSA) is 87.3 Å². The number of anilines is 2. The van der Waals surface area contributed by atoms with Gasteiger partial charge in [0.25, 0.3) is 5.91 Å². The number of nitrogens with one attached hydrogen (secondary N) is 2. The number of carbonyl (C=O) groups is 1. The van der Waals surface area contributed by atoms with Gasteiger partial charge in [0.1, 0.15) is 5.82 Å². The average molecular weight is 399 g/mol. The van der Waals surface area contributed by atoms with Gasteiger partial charge in [-0.2, -0.15) is 0 Å². The van der Waals surface area contributed by atoms with Crippen LogP contribution in [-0.2, 0) is 4.74 Å². The van der Waals surface area contributed by atoms with Gasteiger partial charge in [-0.25, -0.2) is 4.98 Å². The Kier molecular flexibility index (Phi) is 5.02. The quantitative estimate of drug-likeness (QED) is 0.708. The number of nitrogens with zero attached hydrogens (tertiary/aromatic N) is 2. The number of pyridine rings is 2. The van der Waals surface area contributed by atoms with E-state index in [1.807, 2.05) is 17.9 Å². The molecule has 8 heteroatoms. The first-order chi connectivity index (χ1) is 13.5. The van der Waals surface area contributed by atoms with E-state index >= 15 is 0 Å². The lowest BCUT2D eigenvalue weighted by atomic mass is 10.1. The molecule has 2 N–H and O–H groups in total. The van der Waals surface area contributed by atoms with Crippen LogP contribution in [0.1, 0.15) is 15.9 Å². The molecule has 1 amide bonds. The summed E-state index contributed by atoms with van der Waals surface area (Å²) in [5.74, 6) is 0.296. The zero-order valence-electron chi connectivity index (χ0n) is 15.3. The van der Waals surface area contributed by atoms with Crippen molar-refractivity contribution in [3.8, 4) is 0 Å². The van der Waals surface area contributed by atoms with Crippen molar-refractivity contribution in [2.24, 2.45) is 0 Å². The fourth-order valence-corrected chi connectivity index (χ4v) is 3.48. The van der Waals surface area contributed by atoms with Gasteiger partial charge in [0, 0.05) is 41.9 Å². The average Bonchev–Trinajstić information content (AvgIpc) is 2.69. The lowest BCUT2D eigenvalue weighted by molar-refractivity contribution is 0.102. The highest BCUT2D eigenvalue weighted by molar-refractivity contribution is 6.31. The smallest absolute Gasteiger partial charge is 0.259 e. The molecule has 0 spiro atoms. The minimum Gasteiger partial charge on any atom is -0.378 e. The van der Waals surface area contributed by atoms with E-state index in [0.29, 0.717) is 48.4 Å². The molecule has 0 atom stereocenters. The molecule has 2 aromatic heterocycles. The van der Waals surface area contributed by atoms with E-state index in [2.05, 4.69) is 15.3 Å². The summed E-state index contributed by atoms with van der Waals surface area (Å²) in [6, 6.07) is 8.52. The Bertz CT molecular complexity index is 1110. The van der Waals surface area contributed by atoms with E-state index in [9.17, 15) is 9.59 Å². The number of ether oxygens (including phenoxy) is 1. The molecule has 1 fully saturated rings. The number of morpholine rings is 1. The van der Waals surface area contributed by atoms with Gasteiger partial charge in [-0.05, 0) is 36.8 Å². The molecule has 144 valence electrons. The molecule has 0 saturated carbocycles. The maximum Gasteiger partial charge on any atom is 0.259 e. The monoisotopic (exact) mass is 398 g/mol. The van der Waals surface area contributed by atoms with E-state index < -0.39 is 0 Å². The number of aromatic nitrogens is 2. The minimum absolute atomic E-state index is 0.151. The van der Waals surface area contributed by atoms with Crippen LogP contribution in [0.2, 0.25) is 5.02 Å². The molecule has 0 bridgehead atoms. The highest BCUT2D eigenvalue weighted by Gasteiger charge is 2.21. The summed E-state index contributed by atoms with van der Waals surface area (Å²) in [5.41, 5.74) is 2.45. The van der Waals surface area contributed by atoms with Crippen LogP contribution in [0, 0.1) is 6.92 Å². The van der Waals surface area contributed by atoms with Gasteiger partial charge in [-0.3, -0.25) is 9.59 Å². The molecule has 3 heterocycles. The molecule has 1 saturated heterocycles. The summed E-state index contributed by atoms with van der Waals surface area (Å²) in [6.45, 7) is 4.37. The molecule has 4 rings (SSSR count). The number of amides is 1. The standard InChI is InChI=1S/C20H19ClN4O3/c1-12-8-18(26)24-17-3-2-14(10-15(12)17)23-20(27)16-9-13(21)11-22-19(16)25-4-6-28-7-5-25/h2-3,8-11H,4-7H2,1H3,(H,23,27)(H,24,26). The Labute approximate surface area is 166 Å². The third-order valence-corrected chi connectivity index (χ3v) is 4.90. The van der Waals surface area contributed by atoms with Crippen LogP contribution < -0.4 is 15.8 Å². The molecule has 7 nitrogen and oxygen atoms in total. The summed E-state index contributed by atoms with van der Waals surface area (Å²) >= 11 is 6.10. The zero-order chi connectivity index (χ0) is 19.7. The molecular weight excluding hydrogens is 380 g/mol. The summed E-state index contributed by atoms with van der Waals surface area (Å²) in [7, 11) is 0. The number of rotatable bonds is 3. The number of H-pyrrole nitrogens is 1. The Morgan fingerprint density at radius 3 is 2.82 bits per heavy atom. The van der Waals surface area contributed by atoms with Crippen LogP contribution in [0.25, 0.3) is 10.9 Å². The predicted octanol–water partition coefficient (Wildman–Crippen LogP) is 2.97. The summed E-state index contributed by atoms with van der Waals surface area (Å²) in [6.07, 6.45) is 1.54. The van der Waals surface area contributed by atoms with E-state index in [0.717, 1.165) is 16.5 Å². The van der Waals surface area contributed by atoms with Crippen molar-refractivity contribution in [1.29, 1.82) is 0 Å². The van der Waals surface area contributed by atoms with Gasteiger partial charge in [-0.15, -0.1) is 0 Å². The van der Waals surface area contributed by atoms with Crippen molar-refractivity contribution >= 4 is 39.9 Å². The fraction of sp³-hybridized carbons (Fsp3) is 0.250. The molecule has 0 unspecified atom stereocenters. The predicted molar refractivity (Wildman–Crippen MR) is 110 cm³/mol. The zero-order valence-corrected chi connectivity index (χ0v) is 16.0. The molecule has 1 aliphatic rings. The molecule has 1 aliphatic heterocycles. The number of hydrogen-bond donors (Lipinski definition) is 2. The third-order valence-electron chi connectivity index (χ3n) is 4.70. The molecule has 1 aromatic carbocycles. The summed E-state index contributed by atoms with van der Waals surface area (Å²) in [5, 5.41) is 4.18. The fourth-order valence-electron chi connectivity index (χ4n) is 3.33. The van der Waals surface area contributed by atoms with E-state index in [1.165, 1.54) is 6.07 Å². The number of benzene rings is 1. The van der Waals surface area contributed by atoms with Gasteiger partial charge >= 0.3 is 0 Å². The second kappa shape index (κ2) is 7.61. The lowest BCUT2D eigenvalue weighted by Crippen LogP contribution is -2.38. The molecule has 28 heavy (non-hydrogen) atoms. The number of fused-ring (bicyclic) bond motifs is 1. The highest BCUT2D eigenvalue weighted by Crippen LogP contribution is 2.25. The number of hydrogen-bond acceptors (Lipinski definition) is 5. The van der Waals surface area contributed by atoms with Crippen molar-refractivity contribution in [2.45, 2.75) is 6.92 Å². The van der Waals surface area contributed by atoms with Gasteiger partial charge in [0.15, 0.2) is 0 Å². The molecular formula is C20H19ClN4O3. The minimum atomic E-state index is -0.294. The first kappa shape index (κ1) is 18.5.